The summed E-state index contributed by atoms with van der Waals surface area (Å²) in [5.41, 5.74) is 4.16. The van der Waals surface area contributed by atoms with Crippen LogP contribution in [0.1, 0.15) is 88.2 Å². The highest BCUT2D eigenvalue weighted by molar-refractivity contribution is 6.00. The van der Waals surface area contributed by atoms with E-state index in [0.717, 1.165) is 34.2 Å². The van der Waals surface area contributed by atoms with Gasteiger partial charge in [0.25, 0.3) is 5.91 Å². The first kappa shape index (κ1) is 33.8. The number of alkyl carbamates (subject to hydrolysis) is 1. The average molecular weight is 568 g/mol. The molecule has 2 aromatic rings. The molecular formula is C33H49N3O5. The van der Waals surface area contributed by atoms with E-state index in [1.165, 1.54) is 0 Å². The maximum atomic E-state index is 14.4. The summed E-state index contributed by atoms with van der Waals surface area (Å²) in [6.45, 7) is 18.3. The predicted octanol–water partition coefficient (Wildman–Crippen LogP) is 6.14. The number of para-hydroxylation sites is 1. The van der Waals surface area contributed by atoms with Gasteiger partial charge in [-0.05, 0) is 102 Å². The minimum Gasteiger partial charge on any atom is -0.444 e. The van der Waals surface area contributed by atoms with Gasteiger partial charge in [-0.25, -0.2) is 4.79 Å². The summed E-state index contributed by atoms with van der Waals surface area (Å²) in [6.07, 6.45) is 0.640. The Morgan fingerprint density at radius 3 is 1.85 bits per heavy atom. The summed E-state index contributed by atoms with van der Waals surface area (Å²) in [7, 11) is 0. The second-order valence-corrected chi connectivity index (χ2v) is 12.4. The van der Waals surface area contributed by atoms with Crippen molar-refractivity contribution in [3.63, 3.8) is 0 Å². The van der Waals surface area contributed by atoms with Gasteiger partial charge in [0.2, 0.25) is 5.91 Å². The molecule has 0 spiro atoms. The summed E-state index contributed by atoms with van der Waals surface area (Å²) in [5, 5.41) is 15.9. The smallest absolute Gasteiger partial charge is 0.408 e. The zero-order chi connectivity index (χ0) is 31.1. The topological polar surface area (TPSA) is 108 Å². The molecule has 0 heterocycles. The van der Waals surface area contributed by atoms with Gasteiger partial charge in [-0.2, -0.15) is 0 Å². The summed E-state index contributed by atoms with van der Waals surface area (Å²) >= 11 is 0. The molecule has 0 bridgehead atoms. The maximum absolute atomic E-state index is 14.4. The number of amides is 3. The van der Waals surface area contributed by atoms with Gasteiger partial charge in [-0.3, -0.25) is 9.59 Å². The van der Waals surface area contributed by atoms with E-state index in [-0.39, 0.29) is 11.9 Å². The molecular weight excluding hydrogens is 518 g/mol. The first-order valence-corrected chi connectivity index (χ1v) is 14.4. The Morgan fingerprint density at radius 2 is 1.39 bits per heavy atom. The van der Waals surface area contributed by atoms with Crippen LogP contribution in [0.3, 0.4) is 0 Å². The van der Waals surface area contributed by atoms with Crippen LogP contribution in [-0.2, 0) is 14.3 Å². The molecule has 0 saturated heterocycles. The highest BCUT2D eigenvalue weighted by Crippen LogP contribution is 2.33. The van der Waals surface area contributed by atoms with Crippen molar-refractivity contribution < 1.29 is 24.2 Å². The van der Waals surface area contributed by atoms with Gasteiger partial charge in [0.05, 0.1) is 6.61 Å². The molecule has 0 aliphatic carbocycles. The van der Waals surface area contributed by atoms with E-state index in [1.807, 2.05) is 71.0 Å². The van der Waals surface area contributed by atoms with Gasteiger partial charge in [-0.1, -0.05) is 50.2 Å². The fourth-order valence-electron chi connectivity index (χ4n) is 4.99. The quantitative estimate of drug-likeness (QED) is 0.302. The van der Waals surface area contributed by atoms with E-state index >= 15 is 0 Å². The molecule has 3 atom stereocenters. The van der Waals surface area contributed by atoms with Crippen LogP contribution in [0.25, 0.3) is 0 Å². The molecule has 2 rings (SSSR count). The molecule has 3 unspecified atom stereocenters. The summed E-state index contributed by atoms with van der Waals surface area (Å²) in [6, 6.07) is 8.86. The predicted molar refractivity (Wildman–Crippen MR) is 164 cm³/mol. The zero-order valence-corrected chi connectivity index (χ0v) is 26.4. The van der Waals surface area contributed by atoms with E-state index in [0.29, 0.717) is 18.0 Å². The molecule has 41 heavy (non-hydrogen) atoms. The normalized spacial score (nSPS) is 13.8. The van der Waals surface area contributed by atoms with Crippen molar-refractivity contribution in [3.05, 3.63) is 64.2 Å². The fraction of sp³-hybridized carbons (Fsp3) is 0.545. The average Bonchev–Trinajstić information content (AvgIpc) is 2.86. The Labute approximate surface area is 245 Å². The Hall–Kier alpha value is -3.39. The molecule has 8 nitrogen and oxygen atoms in total. The van der Waals surface area contributed by atoms with E-state index in [2.05, 4.69) is 24.5 Å². The minimum absolute atomic E-state index is 0.362. The van der Waals surface area contributed by atoms with Crippen molar-refractivity contribution in [1.82, 2.24) is 10.2 Å². The van der Waals surface area contributed by atoms with Crippen LogP contribution in [0, 0.1) is 33.6 Å². The van der Waals surface area contributed by atoms with Gasteiger partial charge in [0.1, 0.15) is 17.7 Å². The fourth-order valence-corrected chi connectivity index (χ4v) is 4.99. The van der Waals surface area contributed by atoms with Crippen molar-refractivity contribution >= 4 is 23.6 Å². The number of aliphatic hydroxyl groups excluding tert-OH is 1. The van der Waals surface area contributed by atoms with Crippen LogP contribution in [0.4, 0.5) is 10.5 Å². The van der Waals surface area contributed by atoms with Gasteiger partial charge in [0, 0.05) is 11.7 Å². The van der Waals surface area contributed by atoms with Crippen molar-refractivity contribution in [1.29, 1.82) is 0 Å². The van der Waals surface area contributed by atoms with Crippen molar-refractivity contribution in [2.24, 2.45) is 5.92 Å². The third kappa shape index (κ3) is 9.32. The van der Waals surface area contributed by atoms with Crippen LogP contribution in [0.15, 0.2) is 36.4 Å². The highest BCUT2D eigenvalue weighted by Gasteiger charge is 2.40. The third-order valence-corrected chi connectivity index (χ3v) is 7.13. The third-order valence-electron chi connectivity index (χ3n) is 7.13. The number of carbonyl (C=O) groups excluding carboxylic acids is 3. The highest BCUT2D eigenvalue weighted by atomic mass is 16.6. The van der Waals surface area contributed by atoms with Crippen molar-refractivity contribution in [2.75, 3.05) is 11.9 Å². The second kappa shape index (κ2) is 14.5. The monoisotopic (exact) mass is 567 g/mol. The van der Waals surface area contributed by atoms with Crippen molar-refractivity contribution in [2.45, 2.75) is 106 Å². The summed E-state index contributed by atoms with van der Waals surface area (Å²) in [5.74, 6) is -0.539. The number of nitrogens with zero attached hydrogens (tertiary/aromatic N) is 1. The van der Waals surface area contributed by atoms with Crippen LogP contribution < -0.4 is 10.6 Å². The van der Waals surface area contributed by atoms with Gasteiger partial charge in [0.15, 0.2) is 0 Å². The molecule has 3 amide bonds. The van der Waals surface area contributed by atoms with Gasteiger partial charge in [-0.15, -0.1) is 0 Å². The standard InChI is InChI=1S/C33H49N3O5/c1-20(2)17-18-25(7)36(31(39)26(19-37)34-32(40)41-33(8,9)10)29(27-21(3)13-11-14-22(27)4)30(38)35-28-23(5)15-12-16-24(28)6/h11-16,20,25-26,29,37H,17-19H2,1-10H3,(H,34,40)(H,35,38). The molecule has 0 aliphatic rings. The molecule has 2 aromatic carbocycles. The first-order chi connectivity index (χ1) is 19.1. The first-order valence-electron chi connectivity index (χ1n) is 14.4. The summed E-state index contributed by atoms with van der Waals surface area (Å²) in [4.78, 5) is 42.8. The number of aryl methyl sites for hydroxylation is 4. The summed E-state index contributed by atoms with van der Waals surface area (Å²) < 4.78 is 5.36. The van der Waals surface area contributed by atoms with E-state index in [4.69, 9.17) is 4.74 Å². The van der Waals surface area contributed by atoms with Gasteiger partial charge < -0.3 is 25.4 Å². The Kier molecular flexibility index (Phi) is 11.9. The molecule has 0 fully saturated rings. The number of rotatable bonds is 11. The molecule has 226 valence electrons. The molecule has 0 aliphatic heterocycles. The number of nitrogens with one attached hydrogen (secondary N) is 2. The maximum Gasteiger partial charge on any atom is 0.408 e. The molecule has 0 saturated carbocycles. The lowest BCUT2D eigenvalue weighted by Gasteiger charge is -2.39. The Balaban J connectivity index is 2.69. The minimum atomic E-state index is -1.30. The van der Waals surface area contributed by atoms with Crippen LogP contribution >= 0.6 is 0 Å². The number of ether oxygens (including phenoxy) is 1. The SMILES string of the molecule is Cc1cccc(C)c1NC(=O)C(c1c(C)cccc1C)N(C(=O)C(CO)NC(=O)OC(C)(C)C)C(C)CCC(C)C. The molecule has 0 radical (unpaired) electrons. The lowest BCUT2D eigenvalue weighted by atomic mass is 9.91. The number of hydrogen-bond acceptors (Lipinski definition) is 5. The van der Waals surface area contributed by atoms with Crippen molar-refractivity contribution in [3.8, 4) is 0 Å². The number of anilines is 1. The molecule has 0 aromatic heterocycles. The Morgan fingerprint density at radius 1 is 0.878 bits per heavy atom. The van der Waals surface area contributed by atoms with Crippen LogP contribution in [0.5, 0.6) is 0 Å². The number of aliphatic hydroxyl groups is 1. The van der Waals surface area contributed by atoms with Gasteiger partial charge >= 0.3 is 6.09 Å². The molecule has 3 N–H and O–H groups in total. The molecule has 8 heteroatoms. The lowest BCUT2D eigenvalue weighted by molar-refractivity contribution is -0.144. The van der Waals surface area contributed by atoms with E-state index in [9.17, 15) is 19.5 Å². The lowest BCUT2D eigenvalue weighted by Crippen LogP contribution is -2.56. The Bertz CT molecular complexity index is 1180. The second-order valence-electron chi connectivity index (χ2n) is 12.4. The largest absolute Gasteiger partial charge is 0.444 e. The zero-order valence-electron chi connectivity index (χ0n) is 26.4. The number of hydrogen-bond donors (Lipinski definition) is 3. The van der Waals surface area contributed by atoms with Crippen LogP contribution in [0.2, 0.25) is 0 Å². The number of benzene rings is 2. The van der Waals surface area contributed by atoms with Crippen LogP contribution in [-0.4, -0.2) is 52.2 Å². The van der Waals surface area contributed by atoms with E-state index < -0.39 is 36.3 Å². The number of carbonyl (C=O) groups is 3. The van der Waals surface area contributed by atoms with E-state index in [1.54, 1.807) is 25.7 Å².